The van der Waals surface area contributed by atoms with Crippen LogP contribution in [0.3, 0.4) is 0 Å². The maximum Gasteiger partial charge on any atom is 0.0837 e. The maximum absolute atomic E-state index is 6.40. The van der Waals surface area contributed by atoms with Crippen molar-refractivity contribution in [1.82, 2.24) is 5.32 Å². The topological polar surface area (TPSA) is 21.3 Å². The summed E-state index contributed by atoms with van der Waals surface area (Å²) in [4.78, 5) is 0. The molecule has 0 bridgehead atoms. The Hall–Kier alpha value is -0.0800. The third-order valence-electron chi connectivity index (χ3n) is 6.17. The molecule has 0 spiro atoms. The molecular weight excluding hydrogens is 258 g/mol. The minimum atomic E-state index is 0.134. The van der Waals surface area contributed by atoms with Crippen LogP contribution in [0.2, 0.25) is 0 Å². The fraction of sp³-hybridized carbons (Fsp3) is 1.00. The molecule has 2 aliphatic carbocycles. The average Bonchev–Trinajstić information content (AvgIpc) is 2.93. The van der Waals surface area contributed by atoms with Gasteiger partial charge in [0.15, 0.2) is 0 Å². The highest BCUT2D eigenvalue weighted by molar-refractivity contribution is 5.01. The fourth-order valence-corrected chi connectivity index (χ4v) is 4.78. The second kappa shape index (κ2) is 7.97. The molecule has 124 valence electrons. The molecule has 0 radical (unpaired) electrons. The van der Waals surface area contributed by atoms with Gasteiger partial charge in [0.05, 0.1) is 5.60 Å². The summed E-state index contributed by atoms with van der Waals surface area (Å²) in [6.07, 6.45) is 10.6. The smallest absolute Gasteiger partial charge is 0.0837 e. The van der Waals surface area contributed by atoms with Crippen LogP contribution in [-0.2, 0) is 4.74 Å². The molecular formula is C19H37NO. The van der Waals surface area contributed by atoms with Crippen molar-refractivity contribution in [2.24, 2.45) is 17.8 Å². The molecule has 4 atom stereocenters. The Balaban J connectivity index is 2.12. The van der Waals surface area contributed by atoms with E-state index in [0.29, 0.717) is 6.04 Å². The van der Waals surface area contributed by atoms with E-state index in [1.807, 2.05) is 0 Å². The largest absolute Gasteiger partial charge is 0.374 e. The molecule has 1 N–H and O–H groups in total. The van der Waals surface area contributed by atoms with Gasteiger partial charge in [-0.2, -0.15) is 0 Å². The van der Waals surface area contributed by atoms with Crippen LogP contribution in [0, 0.1) is 17.8 Å². The van der Waals surface area contributed by atoms with Crippen LogP contribution in [0.5, 0.6) is 0 Å². The van der Waals surface area contributed by atoms with Crippen LogP contribution >= 0.6 is 0 Å². The molecule has 4 unspecified atom stereocenters. The Morgan fingerprint density at radius 3 is 2.38 bits per heavy atom. The lowest BCUT2D eigenvalue weighted by Crippen LogP contribution is -2.56. The minimum absolute atomic E-state index is 0.134. The van der Waals surface area contributed by atoms with Crippen molar-refractivity contribution in [3.05, 3.63) is 0 Å². The molecule has 2 nitrogen and oxygen atoms in total. The van der Waals surface area contributed by atoms with Crippen LogP contribution in [0.4, 0.5) is 0 Å². The number of nitrogens with one attached hydrogen (secondary N) is 1. The summed E-state index contributed by atoms with van der Waals surface area (Å²) in [6.45, 7) is 11.3. The number of hydrogen-bond donors (Lipinski definition) is 1. The van der Waals surface area contributed by atoms with Gasteiger partial charge in [0, 0.05) is 12.6 Å². The third-order valence-corrected chi connectivity index (χ3v) is 6.17. The van der Waals surface area contributed by atoms with E-state index in [2.05, 4.69) is 33.0 Å². The molecule has 0 amide bonds. The highest BCUT2D eigenvalue weighted by Gasteiger charge is 2.46. The van der Waals surface area contributed by atoms with Gasteiger partial charge < -0.3 is 10.1 Å². The third kappa shape index (κ3) is 4.01. The first-order valence-electron chi connectivity index (χ1n) is 9.50. The Bertz CT molecular complexity index is 298. The van der Waals surface area contributed by atoms with Crippen molar-refractivity contribution >= 4 is 0 Å². The van der Waals surface area contributed by atoms with Gasteiger partial charge in [-0.25, -0.2) is 0 Å². The van der Waals surface area contributed by atoms with Gasteiger partial charge in [0.1, 0.15) is 0 Å². The zero-order valence-electron chi connectivity index (χ0n) is 14.8. The first-order valence-corrected chi connectivity index (χ1v) is 9.50. The highest BCUT2D eigenvalue weighted by Crippen LogP contribution is 2.44. The molecule has 2 heteroatoms. The molecule has 2 aliphatic rings. The Labute approximate surface area is 132 Å². The normalized spacial score (nSPS) is 34.0. The van der Waals surface area contributed by atoms with Gasteiger partial charge in [-0.15, -0.1) is 0 Å². The summed E-state index contributed by atoms with van der Waals surface area (Å²) in [6, 6.07) is 0.579. The van der Waals surface area contributed by atoms with Crippen LogP contribution in [0.15, 0.2) is 0 Å². The molecule has 2 rings (SSSR count). The summed E-state index contributed by atoms with van der Waals surface area (Å²) in [5, 5.41) is 3.92. The summed E-state index contributed by atoms with van der Waals surface area (Å²) in [5.41, 5.74) is 0.134. The van der Waals surface area contributed by atoms with E-state index in [1.165, 1.54) is 51.4 Å². The SMILES string of the molecule is CCCNC(C1CCC(C)C(C)C1)C1(OCC)CCCC1. The summed E-state index contributed by atoms with van der Waals surface area (Å²) < 4.78 is 6.40. The standard InChI is InChI=1S/C19H37NO/c1-5-13-20-18(17-10-9-15(3)16(4)14-17)19(21-6-2)11-7-8-12-19/h15-18,20H,5-14H2,1-4H3. The van der Waals surface area contributed by atoms with Crippen LogP contribution in [0.25, 0.3) is 0 Å². The minimum Gasteiger partial charge on any atom is -0.374 e. The number of hydrogen-bond acceptors (Lipinski definition) is 2. The molecule has 0 aromatic rings. The summed E-state index contributed by atoms with van der Waals surface area (Å²) in [7, 11) is 0. The molecule has 0 heterocycles. The van der Waals surface area contributed by atoms with Crippen molar-refractivity contribution in [3.8, 4) is 0 Å². The molecule has 2 saturated carbocycles. The molecule has 21 heavy (non-hydrogen) atoms. The number of rotatable bonds is 7. The molecule has 0 aromatic heterocycles. The lowest BCUT2D eigenvalue weighted by molar-refractivity contribution is -0.0824. The lowest BCUT2D eigenvalue weighted by atomic mass is 9.69. The maximum atomic E-state index is 6.40. The van der Waals surface area contributed by atoms with Gasteiger partial charge in [-0.3, -0.25) is 0 Å². The predicted molar refractivity (Wildman–Crippen MR) is 90.6 cm³/mol. The van der Waals surface area contributed by atoms with E-state index in [1.54, 1.807) is 0 Å². The van der Waals surface area contributed by atoms with E-state index < -0.39 is 0 Å². The Kier molecular flexibility index (Phi) is 6.55. The highest BCUT2D eigenvalue weighted by atomic mass is 16.5. The van der Waals surface area contributed by atoms with Crippen molar-refractivity contribution in [3.63, 3.8) is 0 Å². The monoisotopic (exact) mass is 295 g/mol. The molecule has 0 aromatic carbocycles. The Morgan fingerprint density at radius 1 is 1.10 bits per heavy atom. The van der Waals surface area contributed by atoms with Crippen molar-refractivity contribution in [2.45, 2.75) is 90.7 Å². The van der Waals surface area contributed by atoms with Gasteiger partial charge in [0.25, 0.3) is 0 Å². The van der Waals surface area contributed by atoms with Crippen LogP contribution in [0.1, 0.15) is 79.1 Å². The van der Waals surface area contributed by atoms with Gasteiger partial charge >= 0.3 is 0 Å². The average molecular weight is 296 g/mol. The predicted octanol–water partition coefficient (Wildman–Crippen LogP) is 4.78. The van der Waals surface area contributed by atoms with Crippen molar-refractivity contribution in [1.29, 1.82) is 0 Å². The summed E-state index contributed by atoms with van der Waals surface area (Å²) in [5.74, 6) is 2.59. The first kappa shape index (κ1) is 17.3. The fourth-order valence-electron chi connectivity index (χ4n) is 4.78. The zero-order valence-corrected chi connectivity index (χ0v) is 14.8. The Morgan fingerprint density at radius 2 is 1.81 bits per heavy atom. The first-order chi connectivity index (χ1) is 10.1. The van der Waals surface area contributed by atoms with Gasteiger partial charge in [-0.05, 0) is 63.3 Å². The van der Waals surface area contributed by atoms with Gasteiger partial charge in [-0.1, -0.05) is 40.0 Å². The lowest BCUT2D eigenvalue weighted by Gasteiger charge is -2.46. The zero-order chi connectivity index (χ0) is 15.3. The molecule has 2 fully saturated rings. The van der Waals surface area contributed by atoms with Crippen LogP contribution in [-0.4, -0.2) is 24.8 Å². The van der Waals surface area contributed by atoms with E-state index in [9.17, 15) is 0 Å². The van der Waals surface area contributed by atoms with E-state index in [0.717, 1.165) is 30.9 Å². The second-order valence-electron chi connectivity index (χ2n) is 7.66. The quantitative estimate of drug-likeness (QED) is 0.730. The van der Waals surface area contributed by atoms with E-state index in [-0.39, 0.29) is 5.60 Å². The number of ether oxygens (including phenoxy) is 1. The van der Waals surface area contributed by atoms with Crippen molar-refractivity contribution < 1.29 is 4.74 Å². The molecule has 0 saturated heterocycles. The van der Waals surface area contributed by atoms with Crippen molar-refractivity contribution in [2.75, 3.05) is 13.2 Å². The van der Waals surface area contributed by atoms with Gasteiger partial charge in [0.2, 0.25) is 0 Å². The summed E-state index contributed by atoms with van der Waals surface area (Å²) >= 11 is 0. The van der Waals surface area contributed by atoms with E-state index >= 15 is 0 Å². The van der Waals surface area contributed by atoms with E-state index in [4.69, 9.17) is 4.74 Å². The van der Waals surface area contributed by atoms with Crippen LogP contribution < -0.4 is 5.32 Å². The second-order valence-corrected chi connectivity index (χ2v) is 7.66. The molecule has 0 aliphatic heterocycles.